The lowest BCUT2D eigenvalue weighted by molar-refractivity contribution is -0.138. The van der Waals surface area contributed by atoms with Crippen molar-refractivity contribution in [1.29, 1.82) is 0 Å². The first-order chi connectivity index (χ1) is 8.86. The van der Waals surface area contributed by atoms with E-state index in [4.69, 9.17) is 0 Å². The number of hydrogen-bond acceptors (Lipinski definition) is 3. The lowest BCUT2D eigenvalue weighted by Gasteiger charge is -2.52. The average molecular weight is 265 g/mol. The Kier molecular flexibility index (Phi) is 3.90. The highest BCUT2D eigenvalue weighted by Crippen LogP contribution is 2.35. The van der Waals surface area contributed by atoms with Gasteiger partial charge in [-0.1, -0.05) is 20.4 Å². The Balaban J connectivity index is 2.16. The summed E-state index contributed by atoms with van der Waals surface area (Å²) >= 11 is 0. The maximum Gasteiger partial charge on any atom is 0.246 e. The predicted molar refractivity (Wildman–Crippen MR) is 77.8 cm³/mol. The third-order valence-corrected chi connectivity index (χ3v) is 4.72. The van der Waals surface area contributed by atoms with E-state index in [0.29, 0.717) is 5.92 Å². The van der Waals surface area contributed by atoms with Crippen molar-refractivity contribution in [1.82, 2.24) is 15.1 Å². The van der Waals surface area contributed by atoms with Gasteiger partial charge in [-0.05, 0) is 32.2 Å². The highest BCUT2D eigenvalue weighted by Gasteiger charge is 2.49. The molecule has 19 heavy (non-hydrogen) atoms. The summed E-state index contributed by atoms with van der Waals surface area (Å²) in [5.41, 5.74) is 0.703. The maximum atomic E-state index is 12.6. The smallest absolute Gasteiger partial charge is 0.246 e. The number of nitrogens with one attached hydrogen (secondary N) is 1. The molecule has 1 amide bonds. The Morgan fingerprint density at radius 2 is 1.95 bits per heavy atom. The number of rotatable bonds is 2. The Labute approximate surface area is 116 Å². The van der Waals surface area contributed by atoms with Crippen molar-refractivity contribution in [2.75, 3.05) is 27.2 Å². The summed E-state index contributed by atoms with van der Waals surface area (Å²) in [6.07, 6.45) is 2.74. The number of amides is 1. The van der Waals surface area contributed by atoms with Crippen molar-refractivity contribution in [2.45, 2.75) is 44.7 Å². The monoisotopic (exact) mass is 265 g/mol. The minimum absolute atomic E-state index is 0.0998. The minimum Gasteiger partial charge on any atom is -0.362 e. The summed E-state index contributed by atoms with van der Waals surface area (Å²) in [5, 5.41) is 3.20. The van der Waals surface area contributed by atoms with Crippen LogP contribution >= 0.6 is 0 Å². The zero-order chi connectivity index (χ0) is 14.2. The third-order valence-electron chi connectivity index (χ3n) is 4.72. The molecule has 1 N–H and O–H groups in total. The van der Waals surface area contributed by atoms with Gasteiger partial charge in [-0.25, -0.2) is 0 Å². The molecule has 1 spiro atoms. The van der Waals surface area contributed by atoms with E-state index in [9.17, 15) is 4.79 Å². The molecular weight excluding hydrogens is 238 g/mol. The normalized spacial score (nSPS) is 28.1. The number of likely N-dealkylation sites (N-methyl/N-ethyl adjacent to an activating group) is 1. The van der Waals surface area contributed by atoms with Gasteiger partial charge in [0.15, 0.2) is 0 Å². The van der Waals surface area contributed by atoms with E-state index in [0.717, 1.165) is 38.0 Å². The Morgan fingerprint density at radius 3 is 2.47 bits per heavy atom. The van der Waals surface area contributed by atoms with Gasteiger partial charge in [0.25, 0.3) is 0 Å². The van der Waals surface area contributed by atoms with Crippen LogP contribution in [0.1, 0.15) is 33.1 Å². The van der Waals surface area contributed by atoms with Crippen LogP contribution in [0.4, 0.5) is 0 Å². The van der Waals surface area contributed by atoms with Gasteiger partial charge in [0.05, 0.1) is 6.04 Å². The second-order valence-corrected chi connectivity index (χ2v) is 6.54. The molecule has 4 heteroatoms. The third kappa shape index (κ3) is 2.50. The van der Waals surface area contributed by atoms with E-state index in [1.807, 2.05) is 7.05 Å². The molecule has 2 fully saturated rings. The van der Waals surface area contributed by atoms with Crippen LogP contribution in [0.2, 0.25) is 0 Å². The minimum atomic E-state index is -0.364. The summed E-state index contributed by atoms with van der Waals surface area (Å²) < 4.78 is 0. The molecule has 0 aromatic heterocycles. The van der Waals surface area contributed by atoms with E-state index >= 15 is 0 Å². The molecule has 0 aromatic carbocycles. The largest absolute Gasteiger partial charge is 0.362 e. The fraction of sp³-hybridized carbons (Fsp3) is 0.800. The van der Waals surface area contributed by atoms with Crippen LogP contribution in [-0.2, 0) is 4.79 Å². The van der Waals surface area contributed by atoms with Crippen LogP contribution in [0.25, 0.3) is 0 Å². The first-order valence-electron chi connectivity index (χ1n) is 7.29. The lowest BCUT2D eigenvalue weighted by atomic mass is 9.81. The number of piperidine rings is 1. The van der Waals surface area contributed by atoms with Gasteiger partial charge in [-0.3, -0.25) is 4.79 Å². The summed E-state index contributed by atoms with van der Waals surface area (Å²) in [5.74, 6) is 0.753. The molecule has 2 aliphatic heterocycles. The van der Waals surface area contributed by atoms with Crippen LogP contribution in [0, 0.1) is 5.92 Å². The number of carbonyl (C=O) groups is 1. The quantitative estimate of drug-likeness (QED) is 0.820. The molecule has 1 atom stereocenters. The van der Waals surface area contributed by atoms with Gasteiger partial charge in [0.1, 0.15) is 5.54 Å². The number of carbonyl (C=O) groups excluding carboxylic acids is 1. The fourth-order valence-electron chi connectivity index (χ4n) is 3.25. The number of hydrogen-bond donors (Lipinski definition) is 1. The van der Waals surface area contributed by atoms with Gasteiger partial charge in [0, 0.05) is 25.8 Å². The van der Waals surface area contributed by atoms with Gasteiger partial charge in [-0.2, -0.15) is 0 Å². The van der Waals surface area contributed by atoms with Crippen molar-refractivity contribution in [3.05, 3.63) is 12.3 Å². The molecule has 108 valence electrons. The number of nitrogens with zero attached hydrogens (tertiary/aromatic N) is 2. The molecule has 1 unspecified atom stereocenters. The van der Waals surface area contributed by atoms with Crippen LogP contribution < -0.4 is 5.32 Å². The molecular formula is C15H27N3O. The predicted octanol–water partition coefficient (Wildman–Crippen LogP) is 1.44. The highest BCUT2D eigenvalue weighted by atomic mass is 16.2. The van der Waals surface area contributed by atoms with E-state index in [1.165, 1.54) is 0 Å². The molecule has 0 saturated carbocycles. The highest BCUT2D eigenvalue weighted by molar-refractivity contribution is 5.88. The summed E-state index contributed by atoms with van der Waals surface area (Å²) in [6.45, 7) is 10.5. The second-order valence-electron chi connectivity index (χ2n) is 6.54. The van der Waals surface area contributed by atoms with Crippen LogP contribution in [0.5, 0.6) is 0 Å². The molecule has 2 aliphatic rings. The van der Waals surface area contributed by atoms with Crippen LogP contribution in [0.15, 0.2) is 12.3 Å². The van der Waals surface area contributed by atoms with Gasteiger partial charge in [0.2, 0.25) is 5.91 Å². The van der Waals surface area contributed by atoms with E-state index in [-0.39, 0.29) is 17.5 Å². The Bertz CT molecular complexity index is 370. The van der Waals surface area contributed by atoms with Crippen molar-refractivity contribution in [2.24, 2.45) is 5.92 Å². The van der Waals surface area contributed by atoms with Crippen molar-refractivity contribution in [3.63, 3.8) is 0 Å². The van der Waals surface area contributed by atoms with Crippen LogP contribution in [0.3, 0.4) is 0 Å². The molecule has 2 heterocycles. The summed E-state index contributed by atoms with van der Waals surface area (Å²) in [7, 11) is 4.16. The SMILES string of the molecule is C=C1C(CC(C)C)NC(=O)C2(CCN(C)CC2)N1C. The molecule has 0 aliphatic carbocycles. The van der Waals surface area contributed by atoms with Crippen molar-refractivity contribution < 1.29 is 4.79 Å². The molecule has 0 aromatic rings. The molecule has 0 bridgehead atoms. The zero-order valence-electron chi connectivity index (χ0n) is 12.7. The van der Waals surface area contributed by atoms with Gasteiger partial charge >= 0.3 is 0 Å². The van der Waals surface area contributed by atoms with Crippen molar-refractivity contribution >= 4 is 5.91 Å². The lowest BCUT2D eigenvalue weighted by Crippen LogP contribution is -2.68. The average Bonchev–Trinajstić information content (AvgIpc) is 2.35. The zero-order valence-corrected chi connectivity index (χ0v) is 12.7. The Hall–Kier alpha value is -1.03. The van der Waals surface area contributed by atoms with E-state index < -0.39 is 0 Å². The first kappa shape index (κ1) is 14.4. The van der Waals surface area contributed by atoms with E-state index in [2.05, 4.69) is 42.6 Å². The number of piperazine rings is 1. The second kappa shape index (κ2) is 5.16. The fourth-order valence-corrected chi connectivity index (χ4v) is 3.25. The van der Waals surface area contributed by atoms with Crippen molar-refractivity contribution in [3.8, 4) is 0 Å². The Morgan fingerprint density at radius 1 is 1.37 bits per heavy atom. The van der Waals surface area contributed by atoms with Crippen LogP contribution in [-0.4, -0.2) is 54.5 Å². The summed E-state index contributed by atoms with van der Waals surface area (Å²) in [6, 6.07) is 0.0998. The standard InChI is InChI=1S/C15H27N3O/c1-11(2)10-13-12(3)18(5)15(14(19)16-13)6-8-17(4)9-7-15/h11,13H,3,6-10H2,1-2,4-5H3,(H,16,19). The number of likely N-dealkylation sites (tertiary alicyclic amines) is 1. The molecule has 2 rings (SSSR count). The van der Waals surface area contributed by atoms with Gasteiger partial charge < -0.3 is 15.1 Å². The molecule has 4 nitrogen and oxygen atoms in total. The topological polar surface area (TPSA) is 35.6 Å². The summed E-state index contributed by atoms with van der Waals surface area (Å²) in [4.78, 5) is 17.1. The van der Waals surface area contributed by atoms with E-state index in [1.54, 1.807) is 0 Å². The molecule has 0 radical (unpaired) electrons. The van der Waals surface area contributed by atoms with Gasteiger partial charge in [-0.15, -0.1) is 0 Å². The maximum absolute atomic E-state index is 12.6. The first-order valence-corrected chi connectivity index (χ1v) is 7.29. The molecule has 2 saturated heterocycles.